The Bertz CT molecular complexity index is 260. The number of carbonyl (C=O) groups excluding carboxylic acids is 1. The van der Waals surface area contributed by atoms with Gasteiger partial charge in [-0.05, 0) is 21.7 Å². The topological polar surface area (TPSA) is 29.1 Å². The zero-order valence-electron chi connectivity index (χ0n) is 6.95. The Labute approximate surface area is 74.6 Å². The standard InChI is InChI=1S/C9H12NOP/c1-7(10-9(11)12)8-5-3-2-4-6-8/h2-7H,12H2,1H3,(H,10,11). The fourth-order valence-corrected chi connectivity index (χ4v) is 1.29. The highest BCUT2D eigenvalue weighted by atomic mass is 31.0. The van der Waals surface area contributed by atoms with Crippen molar-refractivity contribution in [2.75, 3.05) is 0 Å². The molecule has 3 heteroatoms. The number of carbonyl (C=O) groups is 1. The van der Waals surface area contributed by atoms with Gasteiger partial charge < -0.3 is 5.32 Å². The van der Waals surface area contributed by atoms with Gasteiger partial charge in [-0.1, -0.05) is 30.3 Å². The van der Waals surface area contributed by atoms with Crippen LogP contribution >= 0.6 is 9.24 Å². The molecule has 0 heterocycles. The molecule has 0 saturated carbocycles. The summed E-state index contributed by atoms with van der Waals surface area (Å²) in [6.45, 7) is 1.96. The smallest absolute Gasteiger partial charge is 0.235 e. The average Bonchev–Trinajstić information content (AvgIpc) is 2.05. The maximum Gasteiger partial charge on any atom is 0.235 e. The molecular formula is C9H12NOP. The lowest BCUT2D eigenvalue weighted by Crippen LogP contribution is -2.20. The van der Waals surface area contributed by atoms with Crippen LogP contribution in [0.15, 0.2) is 30.3 Å². The molecule has 1 amide bonds. The summed E-state index contributed by atoms with van der Waals surface area (Å²) in [6, 6.07) is 9.94. The van der Waals surface area contributed by atoms with Crippen LogP contribution in [0.2, 0.25) is 0 Å². The Morgan fingerprint density at radius 1 is 1.42 bits per heavy atom. The summed E-state index contributed by atoms with van der Waals surface area (Å²) in [5.41, 5.74) is 1.04. The van der Waals surface area contributed by atoms with Gasteiger partial charge in [0, 0.05) is 0 Å². The summed E-state index contributed by atoms with van der Waals surface area (Å²) in [7, 11) is 2.10. The largest absolute Gasteiger partial charge is 0.346 e. The van der Waals surface area contributed by atoms with Crippen LogP contribution in [0.25, 0.3) is 0 Å². The molecule has 2 unspecified atom stereocenters. The van der Waals surface area contributed by atoms with Crippen LogP contribution in [0.1, 0.15) is 18.5 Å². The minimum Gasteiger partial charge on any atom is -0.346 e. The molecule has 0 spiro atoms. The number of nitrogens with one attached hydrogen (secondary N) is 1. The van der Waals surface area contributed by atoms with Crippen LogP contribution in [0.4, 0.5) is 4.79 Å². The van der Waals surface area contributed by atoms with E-state index in [0.717, 1.165) is 5.56 Å². The van der Waals surface area contributed by atoms with E-state index in [0.29, 0.717) is 0 Å². The first-order valence-electron chi connectivity index (χ1n) is 3.81. The van der Waals surface area contributed by atoms with E-state index in [4.69, 9.17) is 0 Å². The summed E-state index contributed by atoms with van der Waals surface area (Å²) in [4.78, 5) is 10.7. The Hall–Kier alpha value is -0.880. The van der Waals surface area contributed by atoms with Crippen LogP contribution in [-0.2, 0) is 0 Å². The molecule has 0 aliphatic heterocycles. The molecular weight excluding hydrogens is 169 g/mol. The predicted octanol–water partition coefficient (Wildman–Crippen LogP) is 2.33. The van der Waals surface area contributed by atoms with E-state index >= 15 is 0 Å². The van der Waals surface area contributed by atoms with Crippen molar-refractivity contribution in [3.63, 3.8) is 0 Å². The fraction of sp³-hybridized carbons (Fsp3) is 0.222. The van der Waals surface area contributed by atoms with Gasteiger partial charge in [0.05, 0.1) is 6.04 Å². The van der Waals surface area contributed by atoms with Gasteiger partial charge in [0.15, 0.2) is 0 Å². The molecule has 1 aromatic carbocycles. The number of hydrogen-bond acceptors (Lipinski definition) is 1. The normalized spacial score (nSPS) is 12.2. The SMILES string of the molecule is CC(NC(=O)P)c1ccccc1. The fourth-order valence-electron chi connectivity index (χ4n) is 1.04. The molecule has 2 nitrogen and oxygen atoms in total. The third-order valence-corrected chi connectivity index (χ3v) is 1.83. The zero-order valence-corrected chi connectivity index (χ0v) is 8.10. The third kappa shape index (κ3) is 2.63. The van der Waals surface area contributed by atoms with Crippen molar-refractivity contribution in [2.24, 2.45) is 0 Å². The highest BCUT2D eigenvalue weighted by Gasteiger charge is 2.03. The second-order valence-electron chi connectivity index (χ2n) is 2.64. The molecule has 0 saturated heterocycles. The molecule has 0 radical (unpaired) electrons. The van der Waals surface area contributed by atoms with Gasteiger partial charge in [0.1, 0.15) is 0 Å². The van der Waals surface area contributed by atoms with Gasteiger partial charge in [0.25, 0.3) is 0 Å². The van der Waals surface area contributed by atoms with Crippen molar-refractivity contribution in [1.29, 1.82) is 0 Å². The number of benzene rings is 1. The Morgan fingerprint density at radius 3 is 2.50 bits per heavy atom. The van der Waals surface area contributed by atoms with E-state index in [1.54, 1.807) is 0 Å². The second-order valence-corrected chi connectivity index (χ2v) is 3.17. The second kappa shape index (κ2) is 4.22. The van der Waals surface area contributed by atoms with E-state index < -0.39 is 0 Å². The summed E-state index contributed by atoms with van der Waals surface area (Å²) in [5.74, 6) is 0. The molecule has 0 aromatic heterocycles. The van der Waals surface area contributed by atoms with Crippen molar-refractivity contribution in [3.8, 4) is 0 Å². The maximum absolute atomic E-state index is 10.7. The quantitative estimate of drug-likeness (QED) is 0.697. The summed E-state index contributed by atoms with van der Waals surface area (Å²) in [6.07, 6.45) is 0. The Morgan fingerprint density at radius 2 is 2.00 bits per heavy atom. The van der Waals surface area contributed by atoms with Gasteiger partial charge in [-0.25, -0.2) is 0 Å². The van der Waals surface area contributed by atoms with E-state index in [1.807, 2.05) is 37.3 Å². The molecule has 0 fully saturated rings. The molecule has 0 aliphatic rings. The number of amides is 1. The molecule has 0 aliphatic carbocycles. The van der Waals surface area contributed by atoms with Gasteiger partial charge in [-0.15, -0.1) is 0 Å². The minimum atomic E-state index is -0.0775. The highest BCUT2D eigenvalue weighted by Crippen LogP contribution is 2.11. The van der Waals surface area contributed by atoms with Crippen LogP contribution in [-0.4, -0.2) is 5.65 Å². The predicted molar refractivity (Wildman–Crippen MR) is 53.1 cm³/mol. The number of hydrogen-bond donors (Lipinski definition) is 1. The lowest BCUT2D eigenvalue weighted by molar-refractivity contribution is 0.258. The molecule has 1 N–H and O–H groups in total. The van der Waals surface area contributed by atoms with Gasteiger partial charge in [0.2, 0.25) is 5.65 Å². The molecule has 1 rings (SSSR count). The highest BCUT2D eigenvalue weighted by molar-refractivity contribution is 7.39. The molecule has 1 aromatic rings. The third-order valence-electron chi connectivity index (χ3n) is 1.66. The summed E-state index contributed by atoms with van der Waals surface area (Å²) in [5, 5.41) is 2.78. The van der Waals surface area contributed by atoms with Crippen LogP contribution in [0.3, 0.4) is 0 Å². The Kier molecular flexibility index (Phi) is 3.24. The van der Waals surface area contributed by atoms with Crippen LogP contribution in [0.5, 0.6) is 0 Å². The van der Waals surface area contributed by atoms with Gasteiger partial charge in [-0.2, -0.15) is 0 Å². The van der Waals surface area contributed by atoms with E-state index in [1.165, 1.54) is 0 Å². The summed E-state index contributed by atoms with van der Waals surface area (Å²) < 4.78 is 0. The first kappa shape index (κ1) is 9.21. The molecule has 64 valence electrons. The first-order chi connectivity index (χ1) is 5.70. The Balaban J connectivity index is 2.65. The van der Waals surface area contributed by atoms with E-state index in [9.17, 15) is 4.79 Å². The summed E-state index contributed by atoms with van der Waals surface area (Å²) >= 11 is 0. The van der Waals surface area contributed by atoms with Crippen molar-refractivity contribution < 1.29 is 4.79 Å². The van der Waals surface area contributed by atoms with Crippen molar-refractivity contribution >= 4 is 14.9 Å². The minimum absolute atomic E-state index is 0.0775. The average molecular weight is 181 g/mol. The molecule has 0 bridgehead atoms. The van der Waals surface area contributed by atoms with Gasteiger partial charge >= 0.3 is 0 Å². The zero-order chi connectivity index (χ0) is 8.97. The van der Waals surface area contributed by atoms with Gasteiger partial charge in [-0.3, -0.25) is 4.79 Å². The van der Waals surface area contributed by atoms with E-state index in [-0.39, 0.29) is 11.7 Å². The van der Waals surface area contributed by atoms with Crippen molar-refractivity contribution in [1.82, 2.24) is 5.32 Å². The lowest BCUT2D eigenvalue weighted by atomic mass is 10.1. The van der Waals surface area contributed by atoms with E-state index in [2.05, 4.69) is 14.6 Å². The lowest BCUT2D eigenvalue weighted by Gasteiger charge is -2.11. The van der Waals surface area contributed by atoms with Crippen LogP contribution < -0.4 is 5.32 Å². The first-order valence-corrected chi connectivity index (χ1v) is 4.39. The maximum atomic E-state index is 10.7. The number of rotatable bonds is 2. The molecule has 2 atom stereocenters. The van der Waals surface area contributed by atoms with Crippen molar-refractivity contribution in [2.45, 2.75) is 13.0 Å². The monoisotopic (exact) mass is 181 g/mol. The van der Waals surface area contributed by atoms with Crippen LogP contribution in [0, 0.1) is 0 Å². The van der Waals surface area contributed by atoms with Crippen molar-refractivity contribution in [3.05, 3.63) is 35.9 Å². The molecule has 12 heavy (non-hydrogen) atoms.